The van der Waals surface area contributed by atoms with Gasteiger partial charge in [0.05, 0.1) is 13.2 Å². The second-order valence-corrected chi connectivity index (χ2v) is 3.51. The zero-order chi connectivity index (χ0) is 10.9. The summed E-state index contributed by atoms with van der Waals surface area (Å²) in [5, 5.41) is 8.78. The average Bonchev–Trinajstić information content (AvgIpc) is 2.29. The molecule has 0 fully saturated rings. The molecule has 0 saturated heterocycles. The minimum Gasteiger partial charge on any atom is -0.396 e. The van der Waals surface area contributed by atoms with Gasteiger partial charge in [0.2, 0.25) is 0 Å². The van der Waals surface area contributed by atoms with Gasteiger partial charge in [-0.15, -0.1) is 6.58 Å². The van der Waals surface area contributed by atoms with Crippen molar-refractivity contribution in [2.75, 3.05) is 13.2 Å². The summed E-state index contributed by atoms with van der Waals surface area (Å²) in [7, 11) is 0. The van der Waals surface area contributed by atoms with Crippen LogP contribution in [0.15, 0.2) is 43.0 Å². The standard InChI is InChI=1S/C13H18O2/c1-2-12(8-9-14)10-15-11-13-6-4-3-5-7-13/h2-7,12,14H,1,8-11H2. The van der Waals surface area contributed by atoms with Crippen molar-refractivity contribution in [1.29, 1.82) is 0 Å². The highest BCUT2D eigenvalue weighted by Crippen LogP contribution is 2.07. The van der Waals surface area contributed by atoms with Crippen LogP contribution < -0.4 is 0 Å². The fourth-order valence-corrected chi connectivity index (χ4v) is 1.34. The lowest BCUT2D eigenvalue weighted by atomic mass is 10.1. The summed E-state index contributed by atoms with van der Waals surface area (Å²) < 4.78 is 5.54. The molecule has 1 aromatic carbocycles. The molecular formula is C13H18O2. The van der Waals surface area contributed by atoms with Gasteiger partial charge >= 0.3 is 0 Å². The van der Waals surface area contributed by atoms with Crippen molar-refractivity contribution in [2.24, 2.45) is 5.92 Å². The van der Waals surface area contributed by atoms with Crippen LogP contribution in [0.1, 0.15) is 12.0 Å². The maximum atomic E-state index is 8.78. The Morgan fingerprint density at radius 1 is 1.33 bits per heavy atom. The zero-order valence-corrected chi connectivity index (χ0v) is 8.93. The number of hydrogen-bond donors (Lipinski definition) is 1. The van der Waals surface area contributed by atoms with E-state index in [1.807, 2.05) is 36.4 Å². The smallest absolute Gasteiger partial charge is 0.0717 e. The highest BCUT2D eigenvalue weighted by atomic mass is 16.5. The number of hydrogen-bond acceptors (Lipinski definition) is 2. The SMILES string of the molecule is C=CC(CCO)COCc1ccccc1. The highest BCUT2D eigenvalue weighted by Gasteiger charge is 2.03. The zero-order valence-electron chi connectivity index (χ0n) is 8.93. The third kappa shape index (κ3) is 4.77. The second kappa shape index (κ2) is 7.21. The first-order valence-electron chi connectivity index (χ1n) is 5.22. The van der Waals surface area contributed by atoms with Crippen molar-refractivity contribution in [3.8, 4) is 0 Å². The van der Waals surface area contributed by atoms with Crippen molar-refractivity contribution >= 4 is 0 Å². The fraction of sp³-hybridized carbons (Fsp3) is 0.385. The van der Waals surface area contributed by atoms with E-state index in [1.54, 1.807) is 0 Å². The van der Waals surface area contributed by atoms with Crippen LogP contribution in [0.4, 0.5) is 0 Å². The molecule has 0 aliphatic carbocycles. The minimum atomic E-state index is 0.186. The van der Waals surface area contributed by atoms with Crippen LogP contribution in [0, 0.1) is 5.92 Å². The average molecular weight is 206 g/mol. The summed E-state index contributed by atoms with van der Waals surface area (Å²) in [4.78, 5) is 0. The Morgan fingerprint density at radius 3 is 2.67 bits per heavy atom. The van der Waals surface area contributed by atoms with E-state index in [2.05, 4.69) is 6.58 Å². The Balaban J connectivity index is 2.23. The van der Waals surface area contributed by atoms with Gasteiger partial charge in [-0.05, 0) is 12.0 Å². The van der Waals surface area contributed by atoms with Crippen LogP contribution in [0.5, 0.6) is 0 Å². The number of rotatable bonds is 7. The van der Waals surface area contributed by atoms with E-state index in [-0.39, 0.29) is 12.5 Å². The van der Waals surface area contributed by atoms with Crippen molar-refractivity contribution in [1.82, 2.24) is 0 Å². The van der Waals surface area contributed by atoms with E-state index in [9.17, 15) is 0 Å². The second-order valence-electron chi connectivity index (χ2n) is 3.51. The molecule has 0 aliphatic rings. The molecule has 82 valence electrons. The van der Waals surface area contributed by atoms with Gasteiger partial charge in [-0.3, -0.25) is 0 Å². The van der Waals surface area contributed by atoms with Gasteiger partial charge in [0.15, 0.2) is 0 Å². The molecule has 1 unspecified atom stereocenters. The first-order chi connectivity index (χ1) is 7.36. The van der Waals surface area contributed by atoms with E-state index in [4.69, 9.17) is 9.84 Å². The number of benzene rings is 1. The normalized spacial score (nSPS) is 12.3. The van der Waals surface area contributed by atoms with Gasteiger partial charge < -0.3 is 9.84 Å². The lowest BCUT2D eigenvalue weighted by Crippen LogP contribution is -2.08. The summed E-state index contributed by atoms with van der Waals surface area (Å²) in [6.45, 7) is 5.15. The lowest BCUT2D eigenvalue weighted by molar-refractivity contribution is 0.0911. The van der Waals surface area contributed by atoms with Crippen LogP contribution in [0.25, 0.3) is 0 Å². The summed E-state index contributed by atoms with van der Waals surface area (Å²) >= 11 is 0. The summed E-state index contributed by atoms with van der Waals surface area (Å²) in [6, 6.07) is 10.1. The van der Waals surface area contributed by atoms with Crippen LogP contribution in [0.3, 0.4) is 0 Å². The minimum absolute atomic E-state index is 0.186. The molecule has 0 aromatic heterocycles. The van der Waals surface area contributed by atoms with Gasteiger partial charge in [0.1, 0.15) is 0 Å². The number of ether oxygens (including phenoxy) is 1. The van der Waals surface area contributed by atoms with Crippen molar-refractivity contribution in [3.63, 3.8) is 0 Å². The molecule has 1 aromatic rings. The molecular weight excluding hydrogens is 188 g/mol. The van der Waals surface area contributed by atoms with Crippen molar-refractivity contribution in [2.45, 2.75) is 13.0 Å². The van der Waals surface area contributed by atoms with E-state index in [0.29, 0.717) is 13.2 Å². The number of aliphatic hydroxyl groups excluding tert-OH is 1. The predicted octanol–water partition coefficient (Wildman–Crippen LogP) is 2.39. The van der Waals surface area contributed by atoms with E-state index < -0.39 is 0 Å². The monoisotopic (exact) mass is 206 g/mol. The Kier molecular flexibility index (Phi) is 5.74. The van der Waals surface area contributed by atoms with E-state index in [0.717, 1.165) is 6.42 Å². The Labute approximate surface area is 91.2 Å². The third-order valence-corrected chi connectivity index (χ3v) is 2.28. The molecule has 0 radical (unpaired) electrons. The molecule has 0 saturated carbocycles. The molecule has 1 rings (SSSR count). The van der Waals surface area contributed by atoms with Gasteiger partial charge in [-0.1, -0.05) is 36.4 Å². The fourth-order valence-electron chi connectivity index (χ4n) is 1.34. The van der Waals surface area contributed by atoms with Gasteiger partial charge in [0, 0.05) is 12.5 Å². The molecule has 0 aliphatic heterocycles. The molecule has 0 amide bonds. The van der Waals surface area contributed by atoms with Gasteiger partial charge in [-0.25, -0.2) is 0 Å². The summed E-state index contributed by atoms with van der Waals surface area (Å²) in [5.74, 6) is 0.249. The Hall–Kier alpha value is -1.12. The van der Waals surface area contributed by atoms with Gasteiger partial charge in [0.25, 0.3) is 0 Å². The van der Waals surface area contributed by atoms with Crippen molar-refractivity contribution in [3.05, 3.63) is 48.6 Å². The molecule has 15 heavy (non-hydrogen) atoms. The quantitative estimate of drug-likeness (QED) is 0.694. The third-order valence-electron chi connectivity index (χ3n) is 2.28. The van der Waals surface area contributed by atoms with Crippen LogP contribution in [-0.2, 0) is 11.3 Å². The Morgan fingerprint density at radius 2 is 2.07 bits per heavy atom. The van der Waals surface area contributed by atoms with Gasteiger partial charge in [-0.2, -0.15) is 0 Å². The van der Waals surface area contributed by atoms with Crippen LogP contribution in [0.2, 0.25) is 0 Å². The van der Waals surface area contributed by atoms with E-state index >= 15 is 0 Å². The van der Waals surface area contributed by atoms with Crippen molar-refractivity contribution < 1.29 is 9.84 Å². The predicted molar refractivity (Wildman–Crippen MR) is 61.5 cm³/mol. The molecule has 0 spiro atoms. The molecule has 0 heterocycles. The maximum absolute atomic E-state index is 8.78. The molecule has 1 N–H and O–H groups in total. The molecule has 2 heteroatoms. The number of aliphatic hydroxyl groups is 1. The highest BCUT2D eigenvalue weighted by molar-refractivity contribution is 5.13. The lowest BCUT2D eigenvalue weighted by Gasteiger charge is -2.11. The maximum Gasteiger partial charge on any atom is 0.0717 e. The Bertz CT molecular complexity index is 269. The first-order valence-corrected chi connectivity index (χ1v) is 5.22. The van der Waals surface area contributed by atoms with E-state index in [1.165, 1.54) is 5.56 Å². The molecule has 2 nitrogen and oxygen atoms in total. The van der Waals surface area contributed by atoms with Crippen LogP contribution in [-0.4, -0.2) is 18.3 Å². The first kappa shape index (κ1) is 12.0. The topological polar surface area (TPSA) is 29.5 Å². The molecule has 0 bridgehead atoms. The largest absolute Gasteiger partial charge is 0.396 e. The summed E-state index contributed by atoms with van der Waals surface area (Å²) in [5.41, 5.74) is 1.17. The molecule has 1 atom stereocenters. The van der Waals surface area contributed by atoms with Crippen LogP contribution >= 0.6 is 0 Å². The summed E-state index contributed by atoms with van der Waals surface area (Å²) in [6.07, 6.45) is 2.56.